The van der Waals surface area contributed by atoms with E-state index < -0.39 is 6.04 Å². The summed E-state index contributed by atoms with van der Waals surface area (Å²) in [5, 5.41) is 12.3. The molecule has 0 aliphatic heterocycles. The van der Waals surface area contributed by atoms with E-state index in [1.807, 2.05) is 42.5 Å². The van der Waals surface area contributed by atoms with Gasteiger partial charge >= 0.3 is 0 Å². The molecule has 19 heavy (non-hydrogen) atoms. The second kappa shape index (κ2) is 6.53. The lowest BCUT2D eigenvalue weighted by molar-refractivity contribution is 0.414. The molecule has 1 unspecified atom stereocenters. The summed E-state index contributed by atoms with van der Waals surface area (Å²) in [5.74, 6) is 0.824. The highest BCUT2D eigenvalue weighted by molar-refractivity contribution is 5.27. The zero-order chi connectivity index (χ0) is 13.5. The quantitative estimate of drug-likeness (QED) is 0.889. The van der Waals surface area contributed by atoms with Crippen LogP contribution in [-0.4, -0.2) is 12.1 Å². The molecule has 0 saturated heterocycles. The Labute approximate surface area is 112 Å². The van der Waals surface area contributed by atoms with Gasteiger partial charge in [0, 0.05) is 12.7 Å². The number of pyridine rings is 1. The summed E-state index contributed by atoms with van der Waals surface area (Å²) in [6.07, 6.45) is 1.69. The first-order valence-corrected chi connectivity index (χ1v) is 6.00. The van der Waals surface area contributed by atoms with Crippen molar-refractivity contribution in [2.75, 3.05) is 7.11 Å². The van der Waals surface area contributed by atoms with Gasteiger partial charge in [0.05, 0.1) is 18.9 Å². The number of rotatable bonds is 5. The molecule has 1 N–H and O–H groups in total. The molecule has 2 aromatic rings. The maximum Gasteiger partial charge on any atom is 0.138 e. The van der Waals surface area contributed by atoms with E-state index >= 15 is 0 Å². The maximum absolute atomic E-state index is 9.17. The summed E-state index contributed by atoms with van der Waals surface area (Å²) in [6.45, 7) is 0.610. The number of hydrogen-bond acceptors (Lipinski definition) is 4. The molecule has 1 atom stereocenters. The SMILES string of the molecule is COc1ccc(CNC(C#N)c2ccccn2)cc1. The summed E-state index contributed by atoms with van der Waals surface area (Å²) in [4.78, 5) is 4.18. The van der Waals surface area contributed by atoms with Gasteiger partial charge in [0.25, 0.3) is 0 Å². The van der Waals surface area contributed by atoms with E-state index in [0.29, 0.717) is 6.54 Å². The Morgan fingerprint density at radius 3 is 2.63 bits per heavy atom. The highest BCUT2D eigenvalue weighted by Crippen LogP contribution is 2.13. The third kappa shape index (κ3) is 3.54. The number of benzene rings is 1. The van der Waals surface area contributed by atoms with E-state index in [9.17, 15) is 0 Å². The van der Waals surface area contributed by atoms with Gasteiger partial charge in [-0.2, -0.15) is 5.26 Å². The van der Waals surface area contributed by atoms with Crippen LogP contribution in [0.2, 0.25) is 0 Å². The summed E-state index contributed by atoms with van der Waals surface area (Å²) in [7, 11) is 1.64. The lowest BCUT2D eigenvalue weighted by Crippen LogP contribution is -2.20. The summed E-state index contributed by atoms with van der Waals surface area (Å²) in [5.41, 5.74) is 1.83. The van der Waals surface area contributed by atoms with Crippen LogP contribution in [-0.2, 0) is 6.54 Å². The molecular weight excluding hydrogens is 238 g/mol. The van der Waals surface area contributed by atoms with Gasteiger partial charge < -0.3 is 4.74 Å². The van der Waals surface area contributed by atoms with Crippen LogP contribution >= 0.6 is 0 Å². The fourth-order valence-corrected chi connectivity index (χ4v) is 1.73. The molecule has 2 rings (SSSR count). The molecule has 4 heteroatoms. The molecule has 0 radical (unpaired) electrons. The van der Waals surface area contributed by atoms with Crippen molar-refractivity contribution in [1.82, 2.24) is 10.3 Å². The van der Waals surface area contributed by atoms with Crippen LogP contribution in [0.4, 0.5) is 0 Å². The molecule has 0 spiro atoms. The third-order valence-electron chi connectivity index (χ3n) is 2.78. The van der Waals surface area contributed by atoms with E-state index in [1.165, 1.54) is 0 Å². The zero-order valence-corrected chi connectivity index (χ0v) is 10.7. The van der Waals surface area contributed by atoms with Crippen LogP contribution in [0.1, 0.15) is 17.3 Å². The minimum atomic E-state index is -0.400. The molecule has 0 saturated carbocycles. The van der Waals surface area contributed by atoms with Crippen LogP contribution in [0.25, 0.3) is 0 Å². The minimum Gasteiger partial charge on any atom is -0.497 e. The lowest BCUT2D eigenvalue weighted by Gasteiger charge is -2.11. The van der Waals surface area contributed by atoms with E-state index in [-0.39, 0.29) is 0 Å². The van der Waals surface area contributed by atoms with Crippen LogP contribution in [0, 0.1) is 11.3 Å². The predicted octanol–water partition coefficient (Wildman–Crippen LogP) is 2.44. The van der Waals surface area contributed by atoms with Crippen molar-refractivity contribution in [1.29, 1.82) is 5.26 Å². The van der Waals surface area contributed by atoms with Gasteiger partial charge in [-0.15, -0.1) is 0 Å². The average Bonchev–Trinajstić information content (AvgIpc) is 2.49. The van der Waals surface area contributed by atoms with Crippen molar-refractivity contribution in [2.45, 2.75) is 12.6 Å². The summed E-state index contributed by atoms with van der Waals surface area (Å²) < 4.78 is 5.10. The second-order valence-corrected chi connectivity index (χ2v) is 4.05. The number of nitrogens with zero attached hydrogens (tertiary/aromatic N) is 2. The fraction of sp³-hybridized carbons (Fsp3) is 0.200. The van der Waals surface area contributed by atoms with Gasteiger partial charge in [0.1, 0.15) is 11.8 Å². The third-order valence-corrected chi connectivity index (χ3v) is 2.78. The van der Waals surface area contributed by atoms with Crippen LogP contribution in [0.3, 0.4) is 0 Å². The number of aromatic nitrogens is 1. The van der Waals surface area contributed by atoms with Crippen LogP contribution in [0.15, 0.2) is 48.7 Å². The maximum atomic E-state index is 9.17. The minimum absolute atomic E-state index is 0.400. The number of hydrogen-bond donors (Lipinski definition) is 1. The Balaban J connectivity index is 1.98. The number of nitriles is 1. The van der Waals surface area contributed by atoms with Gasteiger partial charge in [0.2, 0.25) is 0 Å². The van der Waals surface area contributed by atoms with Gasteiger partial charge in [-0.1, -0.05) is 18.2 Å². The van der Waals surface area contributed by atoms with E-state index in [1.54, 1.807) is 13.3 Å². The molecule has 4 nitrogen and oxygen atoms in total. The highest BCUT2D eigenvalue weighted by atomic mass is 16.5. The van der Waals surface area contributed by atoms with Crippen molar-refractivity contribution in [3.63, 3.8) is 0 Å². The standard InChI is InChI=1S/C15H15N3O/c1-19-13-7-5-12(6-8-13)11-18-15(10-16)14-4-2-3-9-17-14/h2-9,15,18H,11H2,1H3. The smallest absolute Gasteiger partial charge is 0.138 e. The van der Waals surface area contributed by atoms with Crippen LogP contribution < -0.4 is 10.1 Å². The Bertz CT molecular complexity index is 546. The Morgan fingerprint density at radius 1 is 1.26 bits per heavy atom. The Morgan fingerprint density at radius 2 is 2.05 bits per heavy atom. The number of nitrogens with one attached hydrogen (secondary N) is 1. The molecule has 0 fully saturated rings. The second-order valence-electron chi connectivity index (χ2n) is 4.05. The van der Waals surface area contributed by atoms with Crippen LogP contribution in [0.5, 0.6) is 5.75 Å². The van der Waals surface area contributed by atoms with E-state index in [2.05, 4.69) is 16.4 Å². The molecule has 1 aromatic carbocycles. The normalized spacial score (nSPS) is 11.6. The fourth-order valence-electron chi connectivity index (χ4n) is 1.73. The van der Waals surface area contributed by atoms with Gasteiger partial charge in [-0.3, -0.25) is 10.3 Å². The van der Waals surface area contributed by atoms with Crippen molar-refractivity contribution >= 4 is 0 Å². The van der Waals surface area contributed by atoms with Crippen molar-refractivity contribution in [3.05, 3.63) is 59.9 Å². The molecule has 1 heterocycles. The monoisotopic (exact) mass is 253 g/mol. The van der Waals surface area contributed by atoms with E-state index in [4.69, 9.17) is 10.00 Å². The predicted molar refractivity (Wildman–Crippen MR) is 72.4 cm³/mol. The first-order chi connectivity index (χ1) is 9.33. The molecule has 0 bridgehead atoms. The molecule has 0 aliphatic rings. The summed E-state index contributed by atoms with van der Waals surface area (Å²) >= 11 is 0. The van der Waals surface area contributed by atoms with Crippen molar-refractivity contribution < 1.29 is 4.74 Å². The molecule has 96 valence electrons. The van der Waals surface area contributed by atoms with Gasteiger partial charge in [-0.05, 0) is 29.8 Å². The topological polar surface area (TPSA) is 57.9 Å². The van der Waals surface area contributed by atoms with Crippen molar-refractivity contribution in [2.24, 2.45) is 0 Å². The van der Waals surface area contributed by atoms with Crippen molar-refractivity contribution in [3.8, 4) is 11.8 Å². The largest absolute Gasteiger partial charge is 0.497 e. The highest BCUT2D eigenvalue weighted by Gasteiger charge is 2.10. The molecular formula is C15H15N3O. The summed E-state index contributed by atoms with van der Waals surface area (Å²) in [6, 6.07) is 15.1. The molecule has 1 aromatic heterocycles. The Hall–Kier alpha value is -2.38. The number of methoxy groups -OCH3 is 1. The number of ether oxygens (including phenoxy) is 1. The Kier molecular flexibility index (Phi) is 4.49. The molecule has 0 aliphatic carbocycles. The zero-order valence-electron chi connectivity index (χ0n) is 10.7. The molecule has 0 amide bonds. The van der Waals surface area contributed by atoms with E-state index in [0.717, 1.165) is 17.0 Å². The van der Waals surface area contributed by atoms with Gasteiger partial charge in [-0.25, -0.2) is 0 Å². The first kappa shape index (κ1) is 13.1. The average molecular weight is 253 g/mol. The van der Waals surface area contributed by atoms with Gasteiger partial charge in [0.15, 0.2) is 0 Å². The first-order valence-electron chi connectivity index (χ1n) is 6.00. The lowest BCUT2D eigenvalue weighted by atomic mass is 10.1.